The number of nitrogens with zero attached hydrogens (tertiary/aromatic N) is 2. The Morgan fingerprint density at radius 3 is 2.12 bits per heavy atom. The average molecular weight is 444 g/mol. The molecule has 7 rings (SSSR count). The summed E-state index contributed by atoms with van der Waals surface area (Å²) in [5.41, 5.74) is 5.10. The zero-order valence-electron chi connectivity index (χ0n) is 17.1. The molecule has 0 saturated heterocycles. The molecule has 0 atom stereocenters. The summed E-state index contributed by atoms with van der Waals surface area (Å²) in [5, 5.41) is 2.53. The maximum absolute atomic E-state index is 4.75. The van der Waals surface area contributed by atoms with E-state index in [-0.39, 0.29) is 6.71 Å². The third kappa shape index (κ3) is 2.55. The van der Waals surface area contributed by atoms with E-state index in [0.29, 0.717) is 0 Å². The van der Waals surface area contributed by atoms with E-state index in [0.717, 1.165) is 4.83 Å². The zero-order chi connectivity index (χ0) is 21.1. The SMILES string of the molecule is c1ccc(B2c3sc4ccccc4c3N(c3ccccc3)c3c2sc2ncccc32)cc1. The Hall–Kier alpha value is -3.41. The van der Waals surface area contributed by atoms with Gasteiger partial charge in [-0.3, -0.25) is 0 Å². The third-order valence-electron chi connectivity index (χ3n) is 6.18. The molecule has 0 bridgehead atoms. The fraction of sp³-hybridized carbons (Fsp3) is 0. The lowest BCUT2D eigenvalue weighted by atomic mass is 9.41. The maximum Gasteiger partial charge on any atom is 0.272 e. The van der Waals surface area contributed by atoms with Crippen LogP contribution in [0.2, 0.25) is 0 Å². The molecule has 150 valence electrons. The first-order valence-electron chi connectivity index (χ1n) is 10.7. The molecule has 3 aromatic heterocycles. The molecular formula is C27H17BN2S2. The first-order chi connectivity index (χ1) is 15.9. The van der Waals surface area contributed by atoms with Gasteiger partial charge in [0.1, 0.15) is 4.83 Å². The van der Waals surface area contributed by atoms with Gasteiger partial charge < -0.3 is 4.90 Å². The van der Waals surface area contributed by atoms with Gasteiger partial charge in [-0.05, 0) is 30.3 Å². The van der Waals surface area contributed by atoms with Crippen molar-refractivity contribution in [3.8, 4) is 0 Å². The van der Waals surface area contributed by atoms with Crippen molar-refractivity contribution in [3.63, 3.8) is 0 Å². The molecule has 0 N–H and O–H groups in total. The van der Waals surface area contributed by atoms with Crippen molar-refractivity contribution in [1.82, 2.24) is 4.98 Å². The van der Waals surface area contributed by atoms with E-state index < -0.39 is 0 Å². The number of thiophene rings is 2. The van der Waals surface area contributed by atoms with Gasteiger partial charge in [-0.2, -0.15) is 0 Å². The molecule has 0 aliphatic carbocycles. The highest BCUT2D eigenvalue weighted by Gasteiger charge is 2.40. The quantitative estimate of drug-likeness (QED) is 0.313. The minimum atomic E-state index is 0.206. The summed E-state index contributed by atoms with van der Waals surface area (Å²) in [7, 11) is 0. The van der Waals surface area contributed by atoms with Crippen LogP contribution in [0.1, 0.15) is 0 Å². The maximum atomic E-state index is 4.75. The van der Waals surface area contributed by atoms with Crippen molar-refractivity contribution in [3.05, 3.63) is 103 Å². The highest BCUT2D eigenvalue weighted by Crippen LogP contribution is 2.46. The predicted octanol–water partition coefficient (Wildman–Crippen LogP) is 5.81. The summed E-state index contributed by atoms with van der Waals surface area (Å²) in [6.45, 7) is 0.206. The van der Waals surface area contributed by atoms with Gasteiger partial charge in [0.25, 0.3) is 6.71 Å². The van der Waals surface area contributed by atoms with E-state index in [4.69, 9.17) is 4.98 Å². The van der Waals surface area contributed by atoms with Crippen LogP contribution < -0.4 is 19.9 Å². The predicted molar refractivity (Wildman–Crippen MR) is 141 cm³/mol. The number of fused-ring (bicyclic) bond motifs is 6. The summed E-state index contributed by atoms with van der Waals surface area (Å²) in [5.74, 6) is 0. The van der Waals surface area contributed by atoms with Gasteiger partial charge in [0.2, 0.25) is 0 Å². The summed E-state index contributed by atoms with van der Waals surface area (Å²) >= 11 is 3.75. The van der Waals surface area contributed by atoms with Crippen LogP contribution in [-0.2, 0) is 0 Å². The van der Waals surface area contributed by atoms with Crippen molar-refractivity contribution in [2.45, 2.75) is 0 Å². The highest BCUT2D eigenvalue weighted by molar-refractivity contribution is 7.40. The third-order valence-corrected chi connectivity index (χ3v) is 8.57. The molecule has 3 aromatic carbocycles. The normalized spacial score (nSPS) is 12.9. The molecule has 0 amide bonds. The second-order valence-corrected chi connectivity index (χ2v) is 10.1. The number of hydrogen-bond acceptors (Lipinski definition) is 4. The van der Waals surface area contributed by atoms with Crippen molar-refractivity contribution in [2.24, 2.45) is 0 Å². The molecule has 5 heteroatoms. The van der Waals surface area contributed by atoms with Crippen molar-refractivity contribution in [1.29, 1.82) is 0 Å². The Bertz CT molecular complexity index is 1510. The van der Waals surface area contributed by atoms with E-state index in [9.17, 15) is 0 Å². The second-order valence-electron chi connectivity index (χ2n) is 8.00. The van der Waals surface area contributed by atoms with Crippen molar-refractivity contribution < 1.29 is 0 Å². The van der Waals surface area contributed by atoms with Gasteiger partial charge in [0.05, 0.1) is 11.4 Å². The number of para-hydroxylation sites is 1. The van der Waals surface area contributed by atoms with Crippen LogP contribution >= 0.6 is 22.7 Å². The largest absolute Gasteiger partial charge is 0.309 e. The van der Waals surface area contributed by atoms with Crippen LogP contribution in [0.3, 0.4) is 0 Å². The lowest BCUT2D eigenvalue weighted by Gasteiger charge is -2.33. The minimum absolute atomic E-state index is 0.206. The molecule has 0 saturated carbocycles. The second kappa shape index (κ2) is 7.06. The fourth-order valence-corrected chi connectivity index (χ4v) is 7.52. The Balaban J connectivity index is 1.65. The Morgan fingerprint density at radius 2 is 1.28 bits per heavy atom. The molecule has 6 aromatic rings. The Labute approximate surface area is 194 Å². The molecule has 4 heterocycles. The Kier molecular flexibility index (Phi) is 4.01. The molecule has 2 nitrogen and oxygen atoms in total. The highest BCUT2D eigenvalue weighted by atomic mass is 32.1. The van der Waals surface area contributed by atoms with Gasteiger partial charge in [-0.15, -0.1) is 22.7 Å². The van der Waals surface area contributed by atoms with Crippen molar-refractivity contribution >= 4 is 81.8 Å². The van der Waals surface area contributed by atoms with Crippen LogP contribution in [0.5, 0.6) is 0 Å². The topological polar surface area (TPSA) is 16.1 Å². The van der Waals surface area contributed by atoms with Gasteiger partial charge in [0.15, 0.2) is 0 Å². The first-order valence-corrected chi connectivity index (χ1v) is 12.3. The summed E-state index contributed by atoms with van der Waals surface area (Å²) in [4.78, 5) is 8.32. The molecule has 0 fully saturated rings. The van der Waals surface area contributed by atoms with Gasteiger partial charge in [0, 0.05) is 36.9 Å². The summed E-state index contributed by atoms with van der Waals surface area (Å²) in [6.07, 6.45) is 1.90. The monoisotopic (exact) mass is 444 g/mol. The van der Waals surface area contributed by atoms with E-state index in [1.54, 1.807) is 0 Å². The molecule has 1 aliphatic rings. The van der Waals surface area contributed by atoms with Crippen molar-refractivity contribution in [2.75, 3.05) is 4.90 Å². The van der Waals surface area contributed by atoms with E-state index in [1.165, 1.54) is 47.6 Å². The Morgan fingerprint density at radius 1 is 0.625 bits per heavy atom. The van der Waals surface area contributed by atoms with Gasteiger partial charge in [-0.1, -0.05) is 72.2 Å². The number of hydrogen-bond donors (Lipinski definition) is 0. The van der Waals surface area contributed by atoms with Gasteiger partial charge in [-0.25, -0.2) is 4.98 Å². The molecule has 0 spiro atoms. The number of pyridine rings is 1. The standard InChI is InChI=1S/C27H17BN2S2/c1-3-10-18(11-4-1)28-25-23(20-14-7-8-16-22(20)31-25)30(19-12-5-2-6-13-19)24-21-15-9-17-29-27(21)32-26(24)28/h1-17H. The van der Waals surface area contributed by atoms with Crippen LogP contribution in [0.25, 0.3) is 20.3 Å². The van der Waals surface area contributed by atoms with Crippen LogP contribution in [0.4, 0.5) is 17.1 Å². The van der Waals surface area contributed by atoms with E-state index in [1.807, 2.05) is 28.9 Å². The number of anilines is 3. The average Bonchev–Trinajstić information content (AvgIpc) is 3.42. The fourth-order valence-electron chi connectivity index (χ4n) is 4.86. The lowest BCUT2D eigenvalue weighted by molar-refractivity contribution is 1.34. The molecule has 0 unspecified atom stereocenters. The molecular weight excluding hydrogens is 427 g/mol. The zero-order valence-corrected chi connectivity index (χ0v) is 18.7. The van der Waals surface area contributed by atoms with Crippen LogP contribution in [0.15, 0.2) is 103 Å². The van der Waals surface area contributed by atoms with Gasteiger partial charge >= 0.3 is 0 Å². The smallest absolute Gasteiger partial charge is 0.272 e. The lowest BCUT2D eigenvalue weighted by Crippen LogP contribution is -2.54. The van der Waals surface area contributed by atoms with Crippen LogP contribution in [-0.4, -0.2) is 11.7 Å². The summed E-state index contributed by atoms with van der Waals surface area (Å²) < 4.78 is 4.10. The number of aromatic nitrogens is 1. The number of benzene rings is 3. The summed E-state index contributed by atoms with van der Waals surface area (Å²) in [6, 6.07) is 34.8. The van der Waals surface area contributed by atoms with E-state index >= 15 is 0 Å². The molecule has 32 heavy (non-hydrogen) atoms. The van der Waals surface area contributed by atoms with E-state index in [2.05, 4.69) is 102 Å². The molecule has 0 radical (unpaired) electrons. The van der Waals surface area contributed by atoms with Crippen LogP contribution in [0, 0.1) is 0 Å². The minimum Gasteiger partial charge on any atom is -0.309 e. The number of rotatable bonds is 2. The first kappa shape index (κ1) is 18.2. The molecule has 1 aliphatic heterocycles.